The molecule has 0 saturated carbocycles. The van der Waals surface area contributed by atoms with Crippen molar-refractivity contribution in [2.75, 3.05) is 25.4 Å². The van der Waals surface area contributed by atoms with Crippen LogP contribution in [0.2, 0.25) is 0 Å². The van der Waals surface area contributed by atoms with E-state index in [4.69, 9.17) is 15.2 Å². The second-order valence-electron chi connectivity index (χ2n) is 5.30. The topological polar surface area (TPSA) is 90.9 Å². The van der Waals surface area contributed by atoms with Gasteiger partial charge < -0.3 is 15.2 Å². The molecule has 2 rings (SSSR count). The zero-order valence-electron chi connectivity index (χ0n) is 12.7. The van der Waals surface area contributed by atoms with Gasteiger partial charge in [0.05, 0.1) is 17.2 Å². The number of ether oxygens (including phenoxy) is 2. The van der Waals surface area contributed by atoms with Crippen LogP contribution < -0.4 is 10.5 Å². The summed E-state index contributed by atoms with van der Waals surface area (Å²) in [6.45, 7) is 6.34. The fraction of sp³-hybridized carbons (Fsp3) is 0.429. The fourth-order valence-corrected chi connectivity index (χ4v) is 3.50. The Morgan fingerprint density at radius 1 is 1.52 bits per heavy atom. The number of nitro groups is 1. The van der Waals surface area contributed by atoms with Gasteiger partial charge in [-0.3, -0.25) is 15.0 Å². The minimum absolute atomic E-state index is 0.137. The van der Waals surface area contributed by atoms with Crippen LogP contribution >= 0.6 is 31.9 Å². The summed E-state index contributed by atoms with van der Waals surface area (Å²) in [5.74, 6) is 1.00. The molecule has 0 unspecified atom stereocenters. The maximum absolute atomic E-state index is 11.0. The number of halogens is 2. The largest absolute Gasteiger partial charge is 0.492 e. The molecule has 1 fully saturated rings. The highest BCUT2D eigenvalue weighted by Gasteiger charge is 2.23. The summed E-state index contributed by atoms with van der Waals surface area (Å²) in [5.41, 5.74) is 5.93. The minimum atomic E-state index is -0.516. The van der Waals surface area contributed by atoms with E-state index in [1.165, 1.54) is 12.3 Å². The van der Waals surface area contributed by atoms with E-state index < -0.39 is 4.92 Å². The molecule has 1 aromatic rings. The van der Waals surface area contributed by atoms with Gasteiger partial charge in [0, 0.05) is 18.7 Å². The van der Waals surface area contributed by atoms with E-state index in [1.54, 1.807) is 0 Å². The maximum Gasteiger partial charge on any atom is 0.299 e. The first-order valence-corrected chi connectivity index (χ1v) is 8.54. The average Bonchev–Trinajstić information content (AvgIpc) is 2.49. The molecule has 1 heterocycles. The molecule has 0 amide bonds. The van der Waals surface area contributed by atoms with Crippen molar-refractivity contribution in [3.05, 3.63) is 37.1 Å². The maximum atomic E-state index is 11.0. The molecule has 126 valence electrons. The van der Waals surface area contributed by atoms with Gasteiger partial charge in [-0.05, 0) is 45.7 Å². The first kappa shape index (κ1) is 18.0. The van der Waals surface area contributed by atoms with E-state index in [-0.39, 0.29) is 20.3 Å². The van der Waals surface area contributed by atoms with Crippen LogP contribution in [0.4, 0.5) is 11.4 Å². The lowest BCUT2D eigenvalue weighted by molar-refractivity contribution is -0.386. The van der Waals surface area contributed by atoms with Gasteiger partial charge >= 0.3 is 0 Å². The Labute approximate surface area is 150 Å². The monoisotopic (exact) mass is 449 g/mol. The number of nitro benzene ring substituents is 1. The standard InChI is InChI=1S/C14H17Br2N3O4/c1-8(2)18-3-4-22-9(6-18)7-23-11-5-10(15)14(19(20)21)12(16)13(11)17/h5,7-8H,3-4,6,17H2,1-2H3. The molecular weight excluding hydrogens is 434 g/mol. The number of rotatable bonds is 4. The van der Waals surface area contributed by atoms with Gasteiger partial charge in [0.25, 0.3) is 5.69 Å². The van der Waals surface area contributed by atoms with Crippen molar-refractivity contribution in [1.82, 2.24) is 4.90 Å². The van der Waals surface area contributed by atoms with Crippen LogP contribution in [0.5, 0.6) is 5.75 Å². The van der Waals surface area contributed by atoms with Crippen molar-refractivity contribution >= 4 is 43.2 Å². The summed E-state index contributed by atoms with van der Waals surface area (Å²) in [5, 5.41) is 11.0. The van der Waals surface area contributed by atoms with Crippen molar-refractivity contribution in [1.29, 1.82) is 0 Å². The number of benzene rings is 1. The SMILES string of the molecule is CC(C)N1CCOC(=COc2cc(Br)c([N+](=O)[O-])c(Br)c2N)C1. The molecular formula is C14H17Br2N3O4. The highest BCUT2D eigenvalue weighted by atomic mass is 79.9. The number of nitrogen functional groups attached to an aromatic ring is 1. The quantitative estimate of drug-likeness (QED) is 0.325. The Morgan fingerprint density at radius 3 is 2.83 bits per heavy atom. The molecule has 7 nitrogen and oxygen atoms in total. The number of hydrogen-bond donors (Lipinski definition) is 1. The van der Waals surface area contributed by atoms with E-state index in [1.807, 2.05) is 0 Å². The van der Waals surface area contributed by atoms with Crippen LogP contribution in [-0.2, 0) is 4.74 Å². The number of nitrogens with two attached hydrogens (primary N) is 1. The fourth-order valence-electron chi connectivity index (χ4n) is 2.13. The van der Waals surface area contributed by atoms with Crippen LogP contribution in [0.3, 0.4) is 0 Å². The summed E-state index contributed by atoms with van der Waals surface area (Å²) in [7, 11) is 0. The molecule has 1 saturated heterocycles. The lowest BCUT2D eigenvalue weighted by Gasteiger charge is -2.31. The van der Waals surface area contributed by atoms with E-state index in [0.29, 0.717) is 30.7 Å². The van der Waals surface area contributed by atoms with E-state index in [9.17, 15) is 10.1 Å². The van der Waals surface area contributed by atoms with Crippen LogP contribution in [-0.4, -0.2) is 35.6 Å². The van der Waals surface area contributed by atoms with E-state index in [0.717, 1.165) is 6.54 Å². The van der Waals surface area contributed by atoms with Gasteiger partial charge in [0.2, 0.25) is 0 Å². The zero-order valence-corrected chi connectivity index (χ0v) is 15.9. The van der Waals surface area contributed by atoms with Crippen LogP contribution in [0, 0.1) is 10.1 Å². The van der Waals surface area contributed by atoms with Gasteiger partial charge in [-0.25, -0.2) is 0 Å². The Kier molecular flexibility index (Phi) is 5.88. The highest BCUT2D eigenvalue weighted by Crippen LogP contribution is 2.43. The Bertz CT molecular complexity index is 649. The van der Waals surface area contributed by atoms with E-state index >= 15 is 0 Å². The third-order valence-corrected chi connectivity index (χ3v) is 4.86. The third kappa shape index (κ3) is 4.15. The molecule has 0 atom stereocenters. The molecule has 1 aromatic carbocycles. The first-order chi connectivity index (χ1) is 10.8. The highest BCUT2D eigenvalue weighted by molar-refractivity contribution is 9.11. The lowest BCUT2D eigenvalue weighted by atomic mass is 10.2. The lowest BCUT2D eigenvalue weighted by Crippen LogP contribution is -2.39. The predicted molar refractivity (Wildman–Crippen MR) is 94.3 cm³/mol. The summed E-state index contributed by atoms with van der Waals surface area (Å²) < 4.78 is 11.6. The van der Waals surface area contributed by atoms with Gasteiger partial charge in [-0.1, -0.05) is 0 Å². The number of hydrogen-bond acceptors (Lipinski definition) is 6. The minimum Gasteiger partial charge on any atom is -0.492 e. The molecule has 0 spiro atoms. The second-order valence-corrected chi connectivity index (χ2v) is 6.95. The summed E-state index contributed by atoms with van der Waals surface area (Å²) in [6, 6.07) is 1.88. The summed E-state index contributed by atoms with van der Waals surface area (Å²) >= 11 is 6.30. The molecule has 1 aliphatic heterocycles. The third-order valence-electron chi connectivity index (χ3n) is 3.45. The second kappa shape index (κ2) is 7.50. The normalized spacial score (nSPS) is 17.3. The summed E-state index contributed by atoms with van der Waals surface area (Å²) in [4.78, 5) is 12.8. The van der Waals surface area contributed by atoms with Gasteiger partial charge in [0.1, 0.15) is 27.6 Å². The smallest absolute Gasteiger partial charge is 0.299 e. The molecule has 0 bridgehead atoms. The van der Waals surface area contributed by atoms with Gasteiger partial charge in [0.15, 0.2) is 5.75 Å². The molecule has 0 aliphatic carbocycles. The van der Waals surface area contributed by atoms with Crippen molar-refractivity contribution in [3.63, 3.8) is 0 Å². The first-order valence-electron chi connectivity index (χ1n) is 6.95. The number of nitrogens with zero attached hydrogens (tertiary/aromatic N) is 2. The van der Waals surface area contributed by atoms with Crippen LogP contribution in [0.25, 0.3) is 0 Å². The molecule has 2 N–H and O–H groups in total. The molecule has 9 heteroatoms. The summed E-state index contributed by atoms with van der Waals surface area (Å²) in [6.07, 6.45) is 1.49. The average molecular weight is 451 g/mol. The zero-order chi connectivity index (χ0) is 17.1. The van der Waals surface area contributed by atoms with E-state index in [2.05, 4.69) is 50.6 Å². The molecule has 23 heavy (non-hydrogen) atoms. The van der Waals surface area contributed by atoms with Crippen LogP contribution in [0.15, 0.2) is 27.0 Å². The predicted octanol–water partition coefficient (Wildman–Crippen LogP) is 3.66. The van der Waals surface area contributed by atoms with Crippen molar-refractivity contribution < 1.29 is 14.4 Å². The Balaban J connectivity index is 2.21. The van der Waals surface area contributed by atoms with Gasteiger partial charge in [-0.2, -0.15) is 0 Å². The van der Waals surface area contributed by atoms with Crippen molar-refractivity contribution in [2.45, 2.75) is 19.9 Å². The Morgan fingerprint density at radius 2 is 2.22 bits per heavy atom. The van der Waals surface area contributed by atoms with Gasteiger partial charge in [-0.15, -0.1) is 0 Å². The number of morpholine rings is 1. The Hall–Kier alpha value is -1.32. The van der Waals surface area contributed by atoms with Crippen molar-refractivity contribution in [3.8, 4) is 5.75 Å². The molecule has 0 radical (unpaired) electrons. The number of anilines is 1. The molecule has 1 aliphatic rings. The molecule has 0 aromatic heterocycles. The van der Waals surface area contributed by atoms with Crippen molar-refractivity contribution in [2.24, 2.45) is 0 Å². The van der Waals surface area contributed by atoms with Crippen LogP contribution in [0.1, 0.15) is 13.8 Å².